The molecule has 4 nitrogen and oxygen atoms in total. The summed E-state index contributed by atoms with van der Waals surface area (Å²) in [5.41, 5.74) is 4.58. The summed E-state index contributed by atoms with van der Waals surface area (Å²) in [7, 11) is 0. The van der Waals surface area contributed by atoms with Crippen molar-refractivity contribution < 1.29 is 9.32 Å². The lowest BCUT2D eigenvalue weighted by Gasteiger charge is -2.26. The highest BCUT2D eigenvalue weighted by atomic mass is 16.5. The third-order valence-electron chi connectivity index (χ3n) is 4.49. The smallest absolute Gasteiger partial charge is 0.220 e. The highest BCUT2D eigenvalue weighted by molar-refractivity contribution is 5.76. The molecule has 0 fully saturated rings. The predicted octanol–water partition coefficient (Wildman–Crippen LogP) is 3.42. The van der Waals surface area contributed by atoms with E-state index in [2.05, 4.69) is 28.7 Å². The molecule has 1 unspecified atom stereocenters. The van der Waals surface area contributed by atoms with Crippen LogP contribution in [0.2, 0.25) is 0 Å². The number of amides is 1. The molecule has 1 aromatic heterocycles. The van der Waals surface area contributed by atoms with E-state index in [0.717, 1.165) is 36.3 Å². The van der Waals surface area contributed by atoms with Gasteiger partial charge in [0.05, 0.1) is 11.7 Å². The van der Waals surface area contributed by atoms with E-state index in [9.17, 15) is 4.79 Å². The number of fused-ring (bicyclic) bond motifs is 1. The van der Waals surface area contributed by atoms with Crippen molar-refractivity contribution in [2.75, 3.05) is 0 Å². The minimum absolute atomic E-state index is 0.0988. The van der Waals surface area contributed by atoms with E-state index in [0.29, 0.717) is 12.8 Å². The molecular weight excluding hydrogens is 276 g/mol. The third-order valence-corrected chi connectivity index (χ3v) is 4.49. The van der Waals surface area contributed by atoms with Crippen molar-refractivity contribution in [3.05, 3.63) is 52.4 Å². The van der Waals surface area contributed by atoms with Crippen LogP contribution in [0.3, 0.4) is 0 Å². The van der Waals surface area contributed by atoms with Gasteiger partial charge in [0.2, 0.25) is 5.91 Å². The van der Waals surface area contributed by atoms with Gasteiger partial charge in [0, 0.05) is 12.0 Å². The number of carbonyl (C=O) groups is 1. The van der Waals surface area contributed by atoms with Crippen LogP contribution in [-0.4, -0.2) is 11.1 Å². The Kier molecular flexibility index (Phi) is 4.27. The van der Waals surface area contributed by atoms with Gasteiger partial charge < -0.3 is 9.84 Å². The van der Waals surface area contributed by atoms with Gasteiger partial charge in [-0.2, -0.15) is 0 Å². The summed E-state index contributed by atoms with van der Waals surface area (Å²) in [4.78, 5) is 12.3. The molecule has 1 aromatic carbocycles. The zero-order valence-corrected chi connectivity index (χ0v) is 13.2. The maximum absolute atomic E-state index is 12.3. The third kappa shape index (κ3) is 3.06. The first-order valence-electron chi connectivity index (χ1n) is 7.94. The largest absolute Gasteiger partial charge is 0.361 e. The fourth-order valence-corrected chi connectivity index (χ4v) is 3.27. The van der Waals surface area contributed by atoms with Gasteiger partial charge in [-0.25, -0.2) is 0 Å². The van der Waals surface area contributed by atoms with E-state index < -0.39 is 0 Å². The lowest BCUT2D eigenvalue weighted by molar-refractivity contribution is -0.121. The normalized spacial score (nSPS) is 17.1. The first kappa shape index (κ1) is 14.8. The van der Waals surface area contributed by atoms with E-state index in [1.807, 2.05) is 19.9 Å². The summed E-state index contributed by atoms with van der Waals surface area (Å²) in [6.07, 6.45) is 4.42. The standard InChI is InChI=1S/C18H22N2O2/c1-12-15(13(2)22-20-12)10-11-18(21)19-17-9-5-7-14-6-3-4-8-16(14)17/h3-4,6,8,17H,5,7,9-11H2,1-2H3,(H,19,21). The topological polar surface area (TPSA) is 55.1 Å². The van der Waals surface area contributed by atoms with Crippen molar-refractivity contribution >= 4 is 5.91 Å². The molecule has 116 valence electrons. The number of hydrogen-bond donors (Lipinski definition) is 1. The first-order valence-corrected chi connectivity index (χ1v) is 7.94. The van der Waals surface area contributed by atoms with E-state index >= 15 is 0 Å². The van der Waals surface area contributed by atoms with Crippen LogP contribution in [-0.2, 0) is 17.6 Å². The second-order valence-corrected chi connectivity index (χ2v) is 6.01. The van der Waals surface area contributed by atoms with Crippen LogP contribution < -0.4 is 5.32 Å². The average Bonchev–Trinajstić information content (AvgIpc) is 2.84. The number of aromatic nitrogens is 1. The molecule has 0 saturated carbocycles. The van der Waals surface area contributed by atoms with E-state index in [4.69, 9.17) is 4.52 Å². The van der Waals surface area contributed by atoms with Gasteiger partial charge in [-0.15, -0.1) is 0 Å². The Morgan fingerprint density at radius 3 is 2.95 bits per heavy atom. The summed E-state index contributed by atoms with van der Waals surface area (Å²) in [5.74, 6) is 0.912. The Labute approximate surface area is 130 Å². The minimum atomic E-state index is 0.0988. The molecule has 1 aliphatic carbocycles. The van der Waals surface area contributed by atoms with Crippen molar-refractivity contribution in [3.8, 4) is 0 Å². The first-order chi connectivity index (χ1) is 10.6. The van der Waals surface area contributed by atoms with Gasteiger partial charge in [0.15, 0.2) is 0 Å². The number of rotatable bonds is 4. The van der Waals surface area contributed by atoms with E-state index in [1.165, 1.54) is 11.1 Å². The number of aryl methyl sites for hydroxylation is 3. The fourth-order valence-electron chi connectivity index (χ4n) is 3.27. The van der Waals surface area contributed by atoms with Crippen molar-refractivity contribution in [3.63, 3.8) is 0 Å². The second kappa shape index (κ2) is 6.34. The van der Waals surface area contributed by atoms with Gasteiger partial charge >= 0.3 is 0 Å². The molecule has 22 heavy (non-hydrogen) atoms. The number of benzene rings is 1. The van der Waals surface area contributed by atoms with E-state index in [-0.39, 0.29) is 11.9 Å². The number of nitrogens with one attached hydrogen (secondary N) is 1. The molecule has 3 rings (SSSR count). The maximum Gasteiger partial charge on any atom is 0.220 e. The lowest BCUT2D eigenvalue weighted by atomic mass is 9.87. The summed E-state index contributed by atoms with van der Waals surface area (Å²) in [6.45, 7) is 3.81. The maximum atomic E-state index is 12.3. The van der Waals surface area contributed by atoms with Crippen LogP contribution in [0.1, 0.15) is 53.4 Å². The van der Waals surface area contributed by atoms with Gasteiger partial charge in [-0.3, -0.25) is 4.79 Å². The SMILES string of the molecule is Cc1noc(C)c1CCC(=O)NC1CCCc2ccccc21. The predicted molar refractivity (Wildman–Crippen MR) is 84.6 cm³/mol. The van der Waals surface area contributed by atoms with Crippen molar-refractivity contribution in [1.29, 1.82) is 0 Å². The Morgan fingerprint density at radius 1 is 1.36 bits per heavy atom. The summed E-state index contributed by atoms with van der Waals surface area (Å²) in [6, 6.07) is 8.57. The van der Waals surface area contributed by atoms with Crippen molar-refractivity contribution in [2.45, 2.75) is 52.0 Å². The zero-order valence-electron chi connectivity index (χ0n) is 13.2. The highest BCUT2D eigenvalue weighted by Gasteiger charge is 2.21. The monoisotopic (exact) mass is 298 g/mol. The van der Waals surface area contributed by atoms with Crippen LogP contribution >= 0.6 is 0 Å². The van der Waals surface area contributed by atoms with Crippen LogP contribution in [0.4, 0.5) is 0 Å². The van der Waals surface area contributed by atoms with Crippen LogP contribution in [0.25, 0.3) is 0 Å². The minimum Gasteiger partial charge on any atom is -0.361 e. The van der Waals surface area contributed by atoms with Crippen molar-refractivity contribution in [2.24, 2.45) is 0 Å². The van der Waals surface area contributed by atoms with Crippen LogP contribution in [0.15, 0.2) is 28.8 Å². The molecule has 0 saturated heterocycles. The second-order valence-electron chi connectivity index (χ2n) is 6.01. The number of hydrogen-bond acceptors (Lipinski definition) is 3. The summed E-state index contributed by atoms with van der Waals surface area (Å²) in [5, 5.41) is 7.12. The van der Waals surface area contributed by atoms with Gasteiger partial charge in [-0.1, -0.05) is 29.4 Å². The van der Waals surface area contributed by atoms with Gasteiger partial charge in [-0.05, 0) is 50.7 Å². The molecule has 1 N–H and O–H groups in total. The van der Waals surface area contributed by atoms with Gasteiger partial charge in [0.25, 0.3) is 0 Å². The molecule has 0 bridgehead atoms. The Hall–Kier alpha value is -2.10. The quantitative estimate of drug-likeness (QED) is 0.941. The average molecular weight is 298 g/mol. The van der Waals surface area contributed by atoms with Gasteiger partial charge in [0.1, 0.15) is 5.76 Å². The Bertz CT molecular complexity index is 656. The number of carbonyl (C=O) groups excluding carboxylic acids is 1. The van der Waals surface area contributed by atoms with E-state index in [1.54, 1.807) is 0 Å². The molecule has 4 heteroatoms. The Morgan fingerprint density at radius 2 is 2.18 bits per heavy atom. The number of nitrogens with zero attached hydrogens (tertiary/aromatic N) is 1. The lowest BCUT2D eigenvalue weighted by Crippen LogP contribution is -2.31. The molecular formula is C18H22N2O2. The fraction of sp³-hybridized carbons (Fsp3) is 0.444. The van der Waals surface area contributed by atoms with Crippen molar-refractivity contribution in [1.82, 2.24) is 10.5 Å². The van der Waals surface area contributed by atoms with Crippen LogP contribution in [0.5, 0.6) is 0 Å². The summed E-state index contributed by atoms with van der Waals surface area (Å²) >= 11 is 0. The summed E-state index contributed by atoms with van der Waals surface area (Å²) < 4.78 is 5.14. The molecule has 1 heterocycles. The molecule has 1 atom stereocenters. The highest BCUT2D eigenvalue weighted by Crippen LogP contribution is 2.29. The molecule has 0 spiro atoms. The molecule has 0 radical (unpaired) electrons. The molecule has 1 aliphatic rings. The zero-order chi connectivity index (χ0) is 15.5. The molecule has 0 aliphatic heterocycles. The molecule has 2 aromatic rings. The Balaban J connectivity index is 1.61. The molecule has 1 amide bonds. The van der Waals surface area contributed by atoms with Crippen LogP contribution in [0, 0.1) is 13.8 Å².